The van der Waals surface area contributed by atoms with Gasteiger partial charge in [0.15, 0.2) is 0 Å². The van der Waals surface area contributed by atoms with Gasteiger partial charge < -0.3 is 5.11 Å². The highest BCUT2D eigenvalue weighted by Gasteiger charge is 2.18. The Labute approximate surface area is 71.1 Å². The van der Waals surface area contributed by atoms with Crippen molar-refractivity contribution < 1.29 is 9.90 Å². The van der Waals surface area contributed by atoms with Gasteiger partial charge in [0.05, 0.1) is 6.61 Å². The van der Waals surface area contributed by atoms with Crippen LogP contribution in [0, 0.1) is 0 Å². The fraction of sp³-hybridized carbons (Fsp3) is 0.167. The molecule has 0 bridgehead atoms. The van der Waals surface area contributed by atoms with Crippen LogP contribution >= 0.6 is 27.7 Å². The van der Waals surface area contributed by atoms with E-state index in [0.29, 0.717) is 5.57 Å². The summed E-state index contributed by atoms with van der Waals surface area (Å²) in [5, 5.41) is 8.54. The minimum Gasteiger partial charge on any atom is -0.392 e. The lowest BCUT2D eigenvalue weighted by atomic mass is 10.3. The van der Waals surface area contributed by atoms with E-state index in [9.17, 15) is 4.79 Å². The van der Waals surface area contributed by atoms with Gasteiger partial charge in [-0.1, -0.05) is 15.9 Å². The molecule has 54 valence electrons. The van der Waals surface area contributed by atoms with Gasteiger partial charge in [-0.2, -0.15) is 0 Å². The monoisotopic (exact) mass is 220 g/mol. The molecule has 1 aliphatic rings. The average molecular weight is 221 g/mol. The summed E-state index contributed by atoms with van der Waals surface area (Å²) in [6.45, 7) is -0.170. The van der Waals surface area contributed by atoms with Crippen molar-refractivity contribution in [2.45, 2.75) is 0 Å². The van der Waals surface area contributed by atoms with Crippen LogP contribution in [0.4, 0.5) is 0 Å². The molecule has 0 fully saturated rings. The molecule has 0 spiro atoms. The molecule has 0 aliphatic carbocycles. The van der Waals surface area contributed by atoms with Gasteiger partial charge in [0.1, 0.15) is 0 Å². The van der Waals surface area contributed by atoms with Gasteiger partial charge in [0.25, 0.3) is 0 Å². The molecule has 1 heterocycles. The van der Waals surface area contributed by atoms with Crippen molar-refractivity contribution in [3.05, 3.63) is 21.5 Å². The number of aliphatic hydroxyl groups is 1. The summed E-state index contributed by atoms with van der Waals surface area (Å²) in [4.78, 5) is 13.4. The van der Waals surface area contributed by atoms with E-state index in [4.69, 9.17) is 5.11 Å². The van der Waals surface area contributed by atoms with E-state index in [1.54, 1.807) is 11.1 Å². The van der Waals surface area contributed by atoms with Gasteiger partial charge in [0.2, 0.25) is 5.12 Å². The average Bonchev–Trinajstić information content (AvgIpc) is 2.30. The maximum Gasteiger partial charge on any atom is 0.222 e. The zero-order chi connectivity index (χ0) is 7.56. The van der Waals surface area contributed by atoms with Crippen LogP contribution in [0.2, 0.25) is 0 Å². The molecule has 1 rings (SSSR count). The van der Waals surface area contributed by atoms with Gasteiger partial charge in [-0.3, -0.25) is 4.79 Å². The first-order chi connectivity index (χ1) is 4.77. The highest BCUT2D eigenvalue weighted by atomic mass is 79.9. The Morgan fingerprint density at radius 3 is 2.80 bits per heavy atom. The Balaban J connectivity index is 2.82. The minimum atomic E-state index is -0.170. The predicted molar refractivity (Wildman–Crippen MR) is 44.8 cm³/mol. The Hall–Kier alpha value is -0.0600. The van der Waals surface area contributed by atoms with E-state index in [1.807, 2.05) is 0 Å². The van der Waals surface area contributed by atoms with E-state index < -0.39 is 0 Å². The highest BCUT2D eigenvalue weighted by molar-refractivity contribution is 9.11. The lowest BCUT2D eigenvalue weighted by Crippen LogP contribution is -1.95. The summed E-state index contributed by atoms with van der Waals surface area (Å²) >= 11 is 4.22. The molecule has 10 heavy (non-hydrogen) atoms. The van der Waals surface area contributed by atoms with Gasteiger partial charge in [0, 0.05) is 10.5 Å². The highest BCUT2D eigenvalue weighted by Crippen LogP contribution is 2.30. The number of hydrogen-bond donors (Lipinski definition) is 1. The molecule has 2 nitrogen and oxygen atoms in total. The van der Waals surface area contributed by atoms with Crippen LogP contribution in [0.25, 0.3) is 0 Å². The smallest absolute Gasteiger partial charge is 0.222 e. The zero-order valence-corrected chi connectivity index (χ0v) is 7.41. The molecule has 4 heteroatoms. The topological polar surface area (TPSA) is 37.3 Å². The van der Waals surface area contributed by atoms with Crippen LogP contribution in [-0.4, -0.2) is 16.8 Å². The molecule has 0 saturated carbocycles. The molecular weight excluding hydrogens is 216 g/mol. The van der Waals surface area contributed by atoms with Crippen molar-refractivity contribution in [2.24, 2.45) is 0 Å². The molecule has 0 unspecified atom stereocenters. The van der Waals surface area contributed by atoms with Gasteiger partial charge >= 0.3 is 0 Å². The Morgan fingerprint density at radius 1 is 1.80 bits per heavy atom. The SMILES string of the molecule is O=C1SC(=CBr)C=C1CO. The summed E-state index contributed by atoms with van der Waals surface area (Å²) in [6.07, 6.45) is 1.67. The second kappa shape index (κ2) is 3.37. The minimum absolute atomic E-state index is 0.0619. The first-order valence-corrected chi connectivity index (χ1v) is 4.35. The summed E-state index contributed by atoms with van der Waals surface area (Å²) in [5.74, 6) is 0. The van der Waals surface area contributed by atoms with Crippen LogP contribution in [-0.2, 0) is 4.79 Å². The van der Waals surface area contributed by atoms with Gasteiger partial charge in [-0.05, 0) is 22.8 Å². The Bertz CT molecular complexity index is 220. The number of hydrogen-bond acceptors (Lipinski definition) is 3. The van der Waals surface area contributed by atoms with Crippen molar-refractivity contribution in [1.82, 2.24) is 0 Å². The summed E-state index contributed by atoms with van der Waals surface area (Å²) in [5.41, 5.74) is 0.468. The molecule has 0 aromatic carbocycles. The van der Waals surface area contributed by atoms with Crippen molar-refractivity contribution in [1.29, 1.82) is 0 Å². The van der Waals surface area contributed by atoms with Crippen molar-refractivity contribution in [2.75, 3.05) is 6.61 Å². The van der Waals surface area contributed by atoms with Gasteiger partial charge in [-0.15, -0.1) is 0 Å². The number of aliphatic hydroxyl groups excluding tert-OH is 1. The molecule has 1 aliphatic heterocycles. The van der Waals surface area contributed by atoms with Crippen LogP contribution in [0.3, 0.4) is 0 Å². The number of thioether (sulfide) groups is 1. The van der Waals surface area contributed by atoms with Crippen LogP contribution in [0.15, 0.2) is 21.5 Å². The van der Waals surface area contributed by atoms with Crippen LogP contribution in [0.1, 0.15) is 0 Å². The van der Waals surface area contributed by atoms with Crippen LogP contribution < -0.4 is 0 Å². The lowest BCUT2D eigenvalue weighted by molar-refractivity contribution is -0.108. The van der Waals surface area contributed by atoms with Gasteiger partial charge in [-0.25, -0.2) is 0 Å². The Kier molecular flexibility index (Phi) is 2.71. The molecular formula is C6H5BrO2S. The normalized spacial score (nSPS) is 22.0. The van der Waals surface area contributed by atoms with E-state index in [0.717, 1.165) is 16.7 Å². The fourth-order valence-corrected chi connectivity index (χ4v) is 1.72. The summed E-state index contributed by atoms with van der Waals surface area (Å²) in [6, 6.07) is 0. The van der Waals surface area contributed by atoms with E-state index in [1.165, 1.54) is 0 Å². The van der Waals surface area contributed by atoms with E-state index in [-0.39, 0.29) is 11.7 Å². The Morgan fingerprint density at radius 2 is 2.50 bits per heavy atom. The third-order valence-electron chi connectivity index (χ3n) is 1.07. The second-order valence-electron chi connectivity index (χ2n) is 1.73. The maximum atomic E-state index is 10.8. The second-order valence-corrected chi connectivity index (χ2v) is 3.23. The third-order valence-corrected chi connectivity index (χ3v) is 2.78. The number of carbonyl (C=O) groups excluding carboxylic acids is 1. The summed E-state index contributed by atoms with van der Waals surface area (Å²) < 4.78 is 0. The van der Waals surface area contributed by atoms with Crippen molar-refractivity contribution in [3.8, 4) is 0 Å². The maximum absolute atomic E-state index is 10.8. The summed E-state index contributed by atoms with van der Waals surface area (Å²) in [7, 11) is 0. The molecule has 0 aromatic rings. The molecule has 0 atom stereocenters. The largest absolute Gasteiger partial charge is 0.392 e. The number of halogens is 1. The number of allylic oxidation sites excluding steroid dienone is 1. The molecule has 0 radical (unpaired) electrons. The number of rotatable bonds is 1. The number of carbonyl (C=O) groups is 1. The first kappa shape index (κ1) is 8.04. The molecule has 0 saturated heterocycles. The van der Waals surface area contributed by atoms with Crippen molar-refractivity contribution in [3.63, 3.8) is 0 Å². The third kappa shape index (κ3) is 1.51. The molecule has 0 aromatic heterocycles. The lowest BCUT2D eigenvalue weighted by Gasteiger charge is -1.87. The van der Waals surface area contributed by atoms with E-state index in [2.05, 4.69) is 15.9 Å². The quantitative estimate of drug-likeness (QED) is 0.727. The zero-order valence-electron chi connectivity index (χ0n) is 5.00. The predicted octanol–water partition coefficient (Wildman–Crippen LogP) is 1.41. The van der Waals surface area contributed by atoms with Crippen molar-refractivity contribution >= 4 is 32.8 Å². The molecule has 1 N–H and O–H groups in total. The standard InChI is InChI=1S/C6H5BrO2S/c7-2-5-1-4(3-8)6(9)10-5/h1-2,8H,3H2. The fourth-order valence-electron chi connectivity index (χ4n) is 0.597. The molecule has 0 amide bonds. The van der Waals surface area contributed by atoms with Crippen LogP contribution in [0.5, 0.6) is 0 Å². The van der Waals surface area contributed by atoms with E-state index >= 15 is 0 Å². The first-order valence-electron chi connectivity index (χ1n) is 2.62.